The molecule has 0 amide bonds. The van der Waals surface area contributed by atoms with Gasteiger partial charge < -0.3 is 8.98 Å². The highest BCUT2D eigenvalue weighted by Crippen LogP contribution is 2.41. The monoisotopic (exact) mass is 704 g/mol. The lowest BCUT2D eigenvalue weighted by atomic mass is 9.97. The highest BCUT2D eigenvalue weighted by Gasteiger charge is 2.20. The minimum Gasteiger partial charge on any atom is -0.456 e. The van der Waals surface area contributed by atoms with Gasteiger partial charge in [-0.2, -0.15) is 0 Å². The van der Waals surface area contributed by atoms with E-state index in [1.807, 2.05) is 78.9 Å². The van der Waals surface area contributed by atoms with E-state index in [1.54, 1.807) is 18.2 Å². The molecule has 5 nitrogen and oxygen atoms in total. The third kappa shape index (κ3) is 4.90. The van der Waals surface area contributed by atoms with Crippen LogP contribution in [0.15, 0.2) is 186 Å². The van der Waals surface area contributed by atoms with Crippen molar-refractivity contribution in [3.05, 3.63) is 182 Å². The summed E-state index contributed by atoms with van der Waals surface area (Å²) < 4.78 is 134. The first-order valence-electron chi connectivity index (χ1n) is 24.0. The zero-order chi connectivity index (χ0) is 47.8. The Morgan fingerprint density at radius 3 is 1.91 bits per heavy atom. The van der Waals surface area contributed by atoms with Crippen LogP contribution in [0, 0.1) is 0 Å². The van der Waals surface area contributed by atoms with Crippen LogP contribution < -0.4 is 0 Å². The Morgan fingerprint density at radius 1 is 0.463 bits per heavy atom. The van der Waals surface area contributed by atoms with E-state index in [9.17, 15) is 9.60 Å². The van der Waals surface area contributed by atoms with E-state index in [4.69, 9.17) is 29.0 Å². The fourth-order valence-electron chi connectivity index (χ4n) is 6.90. The first kappa shape index (κ1) is 19.5. The minimum absolute atomic E-state index is 0.147. The summed E-state index contributed by atoms with van der Waals surface area (Å²) in [4.78, 5) is 14.8. The molecule has 252 valence electrons. The van der Waals surface area contributed by atoms with E-state index in [1.165, 1.54) is 0 Å². The van der Waals surface area contributed by atoms with Crippen LogP contribution in [0.4, 0.5) is 0 Å². The Kier molecular flexibility index (Phi) is 4.36. The Bertz CT molecular complexity index is 3970. The van der Waals surface area contributed by atoms with Crippen LogP contribution in [0.5, 0.6) is 0 Å². The molecule has 0 aliphatic heterocycles. The Morgan fingerprint density at radius 2 is 1.13 bits per heavy atom. The molecular formula is C49H30N4O. The molecule has 11 rings (SSSR count). The van der Waals surface area contributed by atoms with E-state index >= 15 is 0 Å². The van der Waals surface area contributed by atoms with Gasteiger partial charge in [0.05, 0.1) is 30.2 Å². The topological polar surface area (TPSA) is 56.7 Å². The minimum atomic E-state index is -0.724. The van der Waals surface area contributed by atoms with Gasteiger partial charge in [0, 0.05) is 43.9 Å². The van der Waals surface area contributed by atoms with Crippen molar-refractivity contribution in [3.8, 4) is 51.0 Å². The number of nitrogens with zero attached hydrogens (tertiary/aromatic N) is 4. The number of fused-ring (bicyclic) bond motifs is 7. The van der Waals surface area contributed by atoms with E-state index in [-0.39, 0.29) is 44.1 Å². The Balaban J connectivity index is 1.28. The Labute approximate surface area is 330 Å². The van der Waals surface area contributed by atoms with Crippen LogP contribution in [-0.2, 0) is 0 Å². The lowest BCUT2D eigenvalue weighted by Gasteiger charge is -2.13. The third-order valence-electron chi connectivity index (χ3n) is 9.33. The fourth-order valence-corrected chi connectivity index (χ4v) is 6.90. The summed E-state index contributed by atoms with van der Waals surface area (Å²) in [6, 6.07) is 20.1. The van der Waals surface area contributed by atoms with Crippen LogP contribution in [-0.4, -0.2) is 19.5 Å². The van der Waals surface area contributed by atoms with Crippen molar-refractivity contribution in [2.75, 3.05) is 0 Å². The number of benzene rings is 8. The summed E-state index contributed by atoms with van der Waals surface area (Å²) in [6.07, 6.45) is 0. The molecule has 0 aliphatic carbocycles. The van der Waals surface area contributed by atoms with Gasteiger partial charge in [-0.3, -0.25) is 0 Å². The Hall–Kier alpha value is -7.37. The molecule has 0 N–H and O–H groups in total. The largest absolute Gasteiger partial charge is 0.456 e. The van der Waals surface area contributed by atoms with E-state index in [0.29, 0.717) is 50.3 Å². The fraction of sp³-hybridized carbons (Fsp3) is 0. The molecule has 0 fully saturated rings. The molecule has 0 unspecified atom stereocenters. The highest BCUT2D eigenvalue weighted by molar-refractivity contribution is 6.14. The van der Waals surface area contributed by atoms with Crippen LogP contribution in [0.1, 0.15) is 19.2 Å². The second-order valence-electron chi connectivity index (χ2n) is 12.5. The van der Waals surface area contributed by atoms with Crippen LogP contribution in [0.2, 0.25) is 0 Å². The van der Waals surface area contributed by atoms with Crippen molar-refractivity contribution in [2.45, 2.75) is 0 Å². The average molecular weight is 705 g/mol. The normalized spacial score (nSPS) is 15.3. The van der Waals surface area contributed by atoms with Gasteiger partial charge in [0.2, 0.25) is 0 Å². The van der Waals surface area contributed by atoms with Crippen molar-refractivity contribution in [1.82, 2.24) is 19.5 Å². The molecule has 0 saturated carbocycles. The summed E-state index contributed by atoms with van der Waals surface area (Å²) in [6.45, 7) is 0. The highest BCUT2D eigenvalue weighted by atomic mass is 16.3. The summed E-state index contributed by atoms with van der Waals surface area (Å²) in [5, 5.41) is -0.0589. The molecule has 0 saturated heterocycles. The van der Waals surface area contributed by atoms with Crippen molar-refractivity contribution in [1.29, 1.82) is 0 Å². The number of rotatable bonds is 5. The second-order valence-corrected chi connectivity index (χ2v) is 12.5. The van der Waals surface area contributed by atoms with Gasteiger partial charge in [-0.1, -0.05) is 133 Å². The van der Waals surface area contributed by atoms with Gasteiger partial charge in [-0.05, 0) is 70.3 Å². The molecule has 54 heavy (non-hydrogen) atoms. The van der Waals surface area contributed by atoms with E-state index in [2.05, 4.69) is 0 Å². The van der Waals surface area contributed by atoms with Crippen molar-refractivity contribution in [2.24, 2.45) is 0 Å². The molecule has 3 aromatic heterocycles. The van der Waals surface area contributed by atoms with Crippen LogP contribution >= 0.6 is 0 Å². The third-order valence-corrected chi connectivity index (χ3v) is 9.33. The summed E-state index contributed by atoms with van der Waals surface area (Å²) in [5.74, 6) is 0.908. The molecule has 5 heteroatoms. The summed E-state index contributed by atoms with van der Waals surface area (Å²) >= 11 is 0. The van der Waals surface area contributed by atoms with E-state index < -0.39 is 95.7 Å². The molecule has 8 aromatic carbocycles. The van der Waals surface area contributed by atoms with Crippen molar-refractivity contribution >= 4 is 54.5 Å². The number of hydrogen-bond acceptors (Lipinski definition) is 4. The molecule has 0 atom stereocenters. The van der Waals surface area contributed by atoms with Gasteiger partial charge in [-0.15, -0.1) is 0 Å². The molecule has 0 radical (unpaired) electrons. The molecule has 3 heterocycles. The number of aromatic nitrogens is 4. The molecule has 0 spiro atoms. The van der Waals surface area contributed by atoms with Gasteiger partial charge >= 0.3 is 0 Å². The van der Waals surface area contributed by atoms with Gasteiger partial charge in [0.15, 0.2) is 17.5 Å². The average Bonchev–Trinajstić information content (AvgIpc) is 3.91. The molecule has 11 aromatic rings. The van der Waals surface area contributed by atoms with Crippen LogP contribution in [0.3, 0.4) is 0 Å². The standard InChI is InChI=1S/C49H30N4O/c1-3-14-31(15-4-1)47-50-48(32-16-5-2-6-17-32)52-49(51-47)41-28-36(30-45-46(41)39-23-10-12-25-44(39)54-45)33-20-13-21-37(26-33)53-42-24-11-9-22-38(42)40-27-34-18-7-8-19-35(34)29-43(40)53/h1-30H/i7D,8D,9D,11D,13D,18D,19D,20D,21D,22D,24D,26D,27D,29D. The zero-order valence-electron chi connectivity index (χ0n) is 41.9. The van der Waals surface area contributed by atoms with Gasteiger partial charge in [0.25, 0.3) is 0 Å². The smallest absolute Gasteiger partial charge is 0.164 e. The molecule has 0 aliphatic rings. The lowest BCUT2D eigenvalue weighted by molar-refractivity contribution is 0.669. The maximum atomic E-state index is 9.98. The van der Waals surface area contributed by atoms with Gasteiger partial charge in [0.1, 0.15) is 11.2 Å². The summed E-state index contributed by atoms with van der Waals surface area (Å²) in [5.41, 5.74) is 1.32. The molecular weight excluding hydrogens is 661 g/mol. The second kappa shape index (κ2) is 12.1. The van der Waals surface area contributed by atoms with Gasteiger partial charge in [-0.25, -0.2) is 15.0 Å². The SMILES string of the molecule is [2H]c1c([2H])c(-c2cc(-c3nc(-c4ccccc4)nc(-c4ccccc4)n3)c3c(c2)oc2ccccc23)c([2H])c(-n2c3c([2H])c([2H])c([2H])c([2H])c3c3c([2H])c4c([2H])c([2H])c([2H])c([2H])c4c([2H])c32)c1[2H]. The number of hydrogen-bond donors (Lipinski definition) is 0. The predicted octanol–water partition coefficient (Wildman–Crippen LogP) is 12.7. The predicted molar refractivity (Wildman–Crippen MR) is 221 cm³/mol. The number of para-hydroxylation sites is 2. The van der Waals surface area contributed by atoms with E-state index in [0.717, 1.165) is 4.57 Å². The quantitative estimate of drug-likeness (QED) is 0.179. The summed E-state index contributed by atoms with van der Waals surface area (Å²) in [7, 11) is 0. The first-order valence-corrected chi connectivity index (χ1v) is 17.0. The molecule has 0 bridgehead atoms. The number of furan rings is 1. The van der Waals surface area contributed by atoms with Crippen molar-refractivity contribution < 1.29 is 23.6 Å². The first-order chi connectivity index (χ1) is 32.6. The van der Waals surface area contributed by atoms with Crippen LogP contribution in [0.25, 0.3) is 105 Å². The zero-order valence-corrected chi connectivity index (χ0v) is 27.9. The lowest BCUT2D eigenvalue weighted by Crippen LogP contribution is -2.00. The maximum Gasteiger partial charge on any atom is 0.164 e. The maximum absolute atomic E-state index is 9.98. The van der Waals surface area contributed by atoms with Crippen molar-refractivity contribution in [3.63, 3.8) is 0 Å².